The van der Waals surface area contributed by atoms with Gasteiger partial charge >= 0.3 is 0 Å². The maximum absolute atomic E-state index is 12.5. The summed E-state index contributed by atoms with van der Waals surface area (Å²) < 4.78 is 0. The van der Waals surface area contributed by atoms with Gasteiger partial charge in [-0.25, -0.2) is 0 Å². The van der Waals surface area contributed by atoms with Crippen molar-refractivity contribution in [2.75, 3.05) is 19.6 Å². The minimum Gasteiger partial charge on any atom is -0.388 e. The molecule has 0 aromatic heterocycles. The van der Waals surface area contributed by atoms with Crippen LogP contribution in [0.2, 0.25) is 0 Å². The fourth-order valence-electron chi connectivity index (χ4n) is 3.90. The van der Waals surface area contributed by atoms with E-state index >= 15 is 0 Å². The van der Waals surface area contributed by atoms with Crippen molar-refractivity contribution in [2.24, 2.45) is 4.99 Å². The number of rotatable bonds is 11. The average molecular weight is 530 g/mol. The third-order valence-electron chi connectivity index (χ3n) is 5.36. The van der Waals surface area contributed by atoms with Crippen molar-refractivity contribution in [3.05, 3.63) is 35.4 Å². The van der Waals surface area contributed by atoms with Gasteiger partial charge in [-0.1, -0.05) is 51.0 Å². The van der Waals surface area contributed by atoms with E-state index in [-0.39, 0.29) is 29.9 Å². The van der Waals surface area contributed by atoms with Crippen LogP contribution in [0.4, 0.5) is 0 Å². The number of benzene rings is 1. The minimum atomic E-state index is -0.730. The zero-order chi connectivity index (χ0) is 21.1. The van der Waals surface area contributed by atoms with Crippen molar-refractivity contribution in [1.82, 2.24) is 15.5 Å². The summed E-state index contributed by atoms with van der Waals surface area (Å²) >= 11 is 0. The van der Waals surface area contributed by atoms with E-state index in [0.29, 0.717) is 25.5 Å². The summed E-state index contributed by atoms with van der Waals surface area (Å²) in [5, 5.41) is 17.3. The molecule has 2 rings (SSSR count). The van der Waals surface area contributed by atoms with Gasteiger partial charge < -0.3 is 20.6 Å². The second-order valence-corrected chi connectivity index (χ2v) is 7.97. The van der Waals surface area contributed by atoms with Gasteiger partial charge in [-0.15, -0.1) is 24.0 Å². The Morgan fingerprint density at radius 1 is 1.10 bits per heavy atom. The summed E-state index contributed by atoms with van der Waals surface area (Å²) in [7, 11) is 0. The van der Waals surface area contributed by atoms with E-state index in [4.69, 9.17) is 0 Å². The molecule has 0 fully saturated rings. The number of carbonyl (C=O) groups excluding carboxylic acids is 1. The molecule has 1 amide bonds. The number of amides is 1. The Balaban J connectivity index is 0.00000450. The standard InChI is InChI=1S/C23H38N4O2.HI/c1-4-13-23(29,14-5-2)18-26-22(24-6-3)25-15-9-12-21(28)27-16-19-10-7-8-11-20(19)17-27;/h7-8,10-11,29H,4-6,9,12-18H2,1-3H3,(H2,24,25,26);1H. The first-order valence-corrected chi connectivity index (χ1v) is 11.1. The largest absolute Gasteiger partial charge is 0.388 e. The molecule has 0 aliphatic carbocycles. The summed E-state index contributed by atoms with van der Waals surface area (Å²) in [4.78, 5) is 19.0. The number of guanidine groups is 1. The van der Waals surface area contributed by atoms with Crippen LogP contribution >= 0.6 is 24.0 Å². The molecule has 30 heavy (non-hydrogen) atoms. The van der Waals surface area contributed by atoms with Gasteiger partial charge in [0.15, 0.2) is 5.96 Å². The van der Waals surface area contributed by atoms with Crippen LogP contribution in [0.15, 0.2) is 29.3 Å². The van der Waals surface area contributed by atoms with Gasteiger partial charge in [0, 0.05) is 32.6 Å². The van der Waals surface area contributed by atoms with E-state index in [9.17, 15) is 9.90 Å². The van der Waals surface area contributed by atoms with E-state index in [1.165, 1.54) is 11.1 Å². The van der Waals surface area contributed by atoms with Crippen LogP contribution < -0.4 is 10.6 Å². The predicted octanol–water partition coefficient (Wildman–Crippen LogP) is 3.81. The molecule has 0 saturated heterocycles. The fraction of sp³-hybridized carbons (Fsp3) is 0.652. The molecule has 0 saturated carbocycles. The number of fused-ring (bicyclic) bond motifs is 1. The second-order valence-electron chi connectivity index (χ2n) is 7.97. The Kier molecular flexibility index (Phi) is 12.3. The highest BCUT2D eigenvalue weighted by molar-refractivity contribution is 14.0. The van der Waals surface area contributed by atoms with Gasteiger partial charge in [0.1, 0.15) is 0 Å². The van der Waals surface area contributed by atoms with Crippen molar-refractivity contribution in [2.45, 2.75) is 78.0 Å². The first-order chi connectivity index (χ1) is 14.0. The van der Waals surface area contributed by atoms with Crippen LogP contribution in [0.3, 0.4) is 0 Å². The average Bonchev–Trinajstić information content (AvgIpc) is 3.14. The Morgan fingerprint density at radius 2 is 1.70 bits per heavy atom. The first kappa shape index (κ1) is 26.7. The van der Waals surface area contributed by atoms with Crippen molar-refractivity contribution >= 4 is 35.8 Å². The van der Waals surface area contributed by atoms with Gasteiger partial charge in [0.2, 0.25) is 5.91 Å². The van der Waals surface area contributed by atoms with Crippen LogP contribution in [0, 0.1) is 0 Å². The molecule has 3 N–H and O–H groups in total. The smallest absolute Gasteiger partial charge is 0.223 e. The van der Waals surface area contributed by atoms with Crippen molar-refractivity contribution in [3.63, 3.8) is 0 Å². The van der Waals surface area contributed by atoms with Crippen molar-refractivity contribution in [3.8, 4) is 0 Å². The number of aliphatic hydroxyl groups is 1. The number of halogens is 1. The highest BCUT2D eigenvalue weighted by Gasteiger charge is 2.25. The molecule has 0 atom stereocenters. The van der Waals surface area contributed by atoms with Gasteiger partial charge in [-0.3, -0.25) is 9.79 Å². The summed E-state index contributed by atoms with van der Waals surface area (Å²) in [6.07, 6.45) is 4.68. The van der Waals surface area contributed by atoms with E-state index in [1.807, 2.05) is 24.0 Å². The van der Waals surface area contributed by atoms with Crippen LogP contribution in [-0.2, 0) is 17.9 Å². The van der Waals surface area contributed by atoms with Crippen LogP contribution in [0.5, 0.6) is 0 Å². The first-order valence-electron chi connectivity index (χ1n) is 11.1. The van der Waals surface area contributed by atoms with Crippen LogP contribution in [-0.4, -0.2) is 47.1 Å². The lowest BCUT2D eigenvalue weighted by Crippen LogP contribution is -2.40. The second kappa shape index (κ2) is 13.9. The van der Waals surface area contributed by atoms with E-state index in [1.54, 1.807) is 0 Å². The van der Waals surface area contributed by atoms with Crippen LogP contribution in [0.25, 0.3) is 0 Å². The number of carbonyl (C=O) groups is 1. The highest BCUT2D eigenvalue weighted by atomic mass is 127. The molecule has 1 aliphatic rings. The monoisotopic (exact) mass is 530 g/mol. The third-order valence-corrected chi connectivity index (χ3v) is 5.36. The molecule has 0 unspecified atom stereocenters. The topological polar surface area (TPSA) is 77.0 Å². The summed E-state index contributed by atoms with van der Waals surface area (Å²) in [5.74, 6) is 0.907. The van der Waals surface area contributed by atoms with E-state index in [2.05, 4.69) is 41.6 Å². The third kappa shape index (κ3) is 8.41. The van der Waals surface area contributed by atoms with E-state index in [0.717, 1.165) is 51.7 Å². The highest BCUT2D eigenvalue weighted by Crippen LogP contribution is 2.23. The molecule has 1 heterocycles. The van der Waals surface area contributed by atoms with Gasteiger partial charge in [-0.05, 0) is 37.3 Å². The molecule has 6 nitrogen and oxygen atoms in total. The molecule has 7 heteroatoms. The van der Waals surface area contributed by atoms with Gasteiger partial charge in [0.25, 0.3) is 0 Å². The molecule has 1 aromatic carbocycles. The molecule has 170 valence electrons. The lowest BCUT2D eigenvalue weighted by atomic mass is 9.93. The summed E-state index contributed by atoms with van der Waals surface area (Å²) in [6.45, 7) is 9.48. The SMILES string of the molecule is CCCC(O)(CCC)CN=C(NCC)NCCCC(=O)N1Cc2ccccc2C1.I. The molecule has 0 spiro atoms. The lowest BCUT2D eigenvalue weighted by Gasteiger charge is -2.26. The quantitative estimate of drug-likeness (QED) is 0.176. The number of hydrogen-bond acceptors (Lipinski definition) is 3. The maximum Gasteiger partial charge on any atom is 0.223 e. The zero-order valence-corrected chi connectivity index (χ0v) is 21.1. The molecule has 0 radical (unpaired) electrons. The number of hydrogen-bond donors (Lipinski definition) is 3. The molecule has 0 bridgehead atoms. The summed E-state index contributed by atoms with van der Waals surface area (Å²) in [5.41, 5.74) is 1.78. The van der Waals surface area contributed by atoms with E-state index < -0.39 is 5.60 Å². The van der Waals surface area contributed by atoms with Gasteiger partial charge in [0.05, 0.1) is 12.1 Å². The fourth-order valence-corrected chi connectivity index (χ4v) is 3.90. The number of nitrogens with one attached hydrogen (secondary N) is 2. The minimum absolute atomic E-state index is 0. The number of nitrogens with zero attached hydrogens (tertiary/aromatic N) is 2. The normalized spacial score (nSPS) is 13.6. The Hall–Kier alpha value is -1.35. The maximum atomic E-state index is 12.5. The van der Waals surface area contributed by atoms with Crippen molar-refractivity contribution < 1.29 is 9.90 Å². The van der Waals surface area contributed by atoms with Crippen molar-refractivity contribution in [1.29, 1.82) is 0 Å². The Bertz CT molecular complexity index is 650. The molecular weight excluding hydrogens is 491 g/mol. The Labute approximate surface area is 198 Å². The number of aliphatic imine (C=N–C) groups is 1. The predicted molar refractivity (Wildman–Crippen MR) is 134 cm³/mol. The van der Waals surface area contributed by atoms with Gasteiger partial charge in [-0.2, -0.15) is 0 Å². The molecule has 1 aromatic rings. The summed E-state index contributed by atoms with van der Waals surface area (Å²) in [6, 6.07) is 8.25. The lowest BCUT2D eigenvalue weighted by molar-refractivity contribution is -0.131. The molecular formula is C23H39IN4O2. The zero-order valence-electron chi connectivity index (χ0n) is 18.7. The Morgan fingerprint density at radius 3 is 2.23 bits per heavy atom. The van der Waals surface area contributed by atoms with Crippen LogP contribution in [0.1, 0.15) is 70.4 Å². The molecule has 1 aliphatic heterocycles.